The average Bonchev–Trinajstić information content (AvgIpc) is 2.92. The Bertz CT molecular complexity index is 730. The fourth-order valence-electron chi connectivity index (χ4n) is 2.52. The van der Waals surface area contributed by atoms with Crippen molar-refractivity contribution >= 4 is 26.8 Å². The van der Waals surface area contributed by atoms with Crippen LogP contribution in [0.5, 0.6) is 0 Å². The summed E-state index contributed by atoms with van der Waals surface area (Å²) in [6, 6.07) is 5.23. The van der Waals surface area contributed by atoms with E-state index in [-0.39, 0.29) is 10.9 Å². The van der Waals surface area contributed by atoms with Crippen LogP contribution >= 0.6 is 0 Å². The number of imidazole rings is 1. The van der Waals surface area contributed by atoms with E-state index in [0.717, 1.165) is 11.9 Å². The predicted molar refractivity (Wildman–Crippen MR) is 71.7 cm³/mol. The molecule has 2 heterocycles. The van der Waals surface area contributed by atoms with Crippen LogP contribution in [-0.4, -0.2) is 37.4 Å². The highest BCUT2D eigenvalue weighted by Crippen LogP contribution is 2.30. The summed E-state index contributed by atoms with van der Waals surface area (Å²) in [5.41, 5.74) is 7.13. The van der Waals surface area contributed by atoms with Gasteiger partial charge in [0.05, 0.1) is 23.1 Å². The van der Waals surface area contributed by atoms with E-state index >= 15 is 0 Å². The molecule has 1 aromatic heterocycles. The van der Waals surface area contributed by atoms with Gasteiger partial charge in [0.2, 0.25) is 5.95 Å². The van der Waals surface area contributed by atoms with Crippen molar-refractivity contribution in [1.29, 1.82) is 0 Å². The van der Waals surface area contributed by atoms with E-state index in [2.05, 4.69) is 4.98 Å². The van der Waals surface area contributed by atoms with Gasteiger partial charge in [0, 0.05) is 12.9 Å². The van der Waals surface area contributed by atoms with E-state index in [0.29, 0.717) is 24.7 Å². The van der Waals surface area contributed by atoms with Gasteiger partial charge >= 0.3 is 0 Å². The van der Waals surface area contributed by atoms with Crippen molar-refractivity contribution in [3.8, 4) is 0 Å². The molecule has 1 aromatic carbocycles. The predicted octanol–water partition coefficient (Wildman–Crippen LogP) is 0.983. The lowest BCUT2D eigenvalue weighted by atomic mass is 10.2. The maximum atomic E-state index is 11.8. The number of ether oxygens (including phenoxy) is 1. The normalized spacial score (nSPS) is 20.2. The molecule has 0 aliphatic carbocycles. The van der Waals surface area contributed by atoms with Crippen LogP contribution in [0.15, 0.2) is 23.1 Å². The van der Waals surface area contributed by atoms with Crippen molar-refractivity contribution in [3.63, 3.8) is 0 Å². The van der Waals surface area contributed by atoms with Gasteiger partial charge in [-0.3, -0.25) is 0 Å². The Hall–Kier alpha value is -1.60. The Balaban J connectivity index is 2.28. The zero-order valence-corrected chi connectivity index (χ0v) is 11.4. The smallest absolute Gasteiger partial charge is 0.201 e. The molecular formula is C12H15N3O3S. The van der Waals surface area contributed by atoms with Crippen molar-refractivity contribution in [2.75, 3.05) is 25.2 Å². The zero-order valence-electron chi connectivity index (χ0n) is 10.5. The first kappa shape index (κ1) is 12.4. The van der Waals surface area contributed by atoms with Crippen LogP contribution in [0.1, 0.15) is 12.5 Å². The highest BCUT2D eigenvalue weighted by atomic mass is 32.2. The summed E-state index contributed by atoms with van der Waals surface area (Å²) in [7, 11) is -3.32. The summed E-state index contributed by atoms with van der Waals surface area (Å²) >= 11 is 0. The third-order valence-corrected chi connectivity index (χ3v) is 4.51. The quantitative estimate of drug-likeness (QED) is 0.886. The van der Waals surface area contributed by atoms with Crippen molar-refractivity contribution in [1.82, 2.24) is 9.55 Å². The Morgan fingerprint density at radius 3 is 2.89 bits per heavy atom. The van der Waals surface area contributed by atoms with Crippen LogP contribution in [-0.2, 0) is 14.6 Å². The topological polar surface area (TPSA) is 87.2 Å². The van der Waals surface area contributed by atoms with E-state index < -0.39 is 9.84 Å². The number of sulfone groups is 1. The molecule has 1 atom stereocenters. The van der Waals surface area contributed by atoms with Gasteiger partial charge in [0.25, 0.3) is 0 Å². The second kappa shape index (κ2) is 4.21. The highest BCUT2D eigenvalue weighted by Gasteiger charge is 2.24. The van der Waals surface area contributed by atoms with E-state index in [1.807, 2.05) is 10.6 Å². The van der Waals surface area contributed by atoms with Gasteiger partial charge < -0.3 is 15.0 Å². The molecule has 1 aliphatic heterocycles. The number of aromatic nitrogens is 2. The number of anilines is 1. The highest BCUT2D eigenvalue weighted by molar-refractivity contribution is 7.91. The molecule has 0 radical (unpaired) electrons. The molecule has 1 unspecified atom stereocenters. The standard InChI is InChI=1S/C12H15N3O3S/c1-19(16,17)10-4-2-3-9-11(10)14-12(13)15(9)8-5-6-18-7-8/h2-4,8H,5-7H2,1H3,(H2,13,14). The Morgan fingerprint density at radius 2 is 2.26 bits per heavy atom. The molecule has 1 saturated heterocycles. The minimum absolute atomic E-state index is 0.125. The van der Waals surface area contributed by atoms with Gasteiger partial charge in [-0.2, -0.15) is 0 Å². The van der Waals surface area contributed by atoms with Crippen LogP contribution in [0.4, 0.5) is 5.95 Å². The van der Waals surface area contributed by atoms with Gasteiger partial charge in [0.1, 0.15) is 5.52 Å². The first-order chi connectivity index (χ1) is 8.98. The number of rotatable bonds is 2. The number of nitrogens with zero attached hydrogens (tertiary/aromatic N) is 2. The number of benzene rings is 1. The summed E-state index contributed by atoms with van der Waals surface area (Å²) in [4.78, 5) is 4.45. The molecular weight excluding hydrogens is 266 g/mol. The lowest BCUT2D eigenvalue weighted by Crippen LogP contribution is -2.11. The maximum Gasteiger partial charge on any atom is 0.201 e. The molecule has 0 spiro atoms. The number of para-hydroxylation sites is 1. The number of hydrogen-bond acceptors (Lipinski definition) is 5. The molecule has 102 valence electrons. The van der Waals surface area contributed by atoms with E-state index in [4.69, 9.17) is 10.5 Å². The Morgan fingerprint density at radius 1 is 1.47 bits per heavy atom. The second-order valence-electron chi connectivity index (χ2n) is 4.75. The number of fused-ring (bicyclic) bond motifs is 1. The third kappa shape index (κ3) is 1.98. The summed E-state index contributed by atoms with van der Waals surface area (Å²) in [5.74, 6) is 0.335. The molecule has 0 bridgehead atoms. The molecule has 0 amide bonds. The molecule has 1 aliphatic rings. The SMILES string of the molecule is CS(=O)(=O)c1cccc2c1nc(N)n2C1CCOC1. The monoisotopic (exact) mass is 281 g/mol. The van der Waals surface area contributed by atoms with Crippen LogP contribution in [0.3, 0.4) is 0 Å². The van der Waals surface area contributed by atoms with Crippen LogP contribution in [0.2, 0.25) is 0 Å². The lowest BCUT2D eigenvalue weighted by Gasteiger charge is -2.12. The summed E-state index contributed by atoms with van der Waals surface area (Å²) in [6.07, 6.45) is 2.04. The minimum Gasteiger partial charge on any atom is -0.379 e. The van der Waals surface area contributed by atoms with Gasteiger partial charge in [-0.1, -0.05) is 6.07 Å². The minimum atomic E-state index is -3.32. The molecule has 3 rings (SSSR count). The second-order valence-corrected chi connectivity index (χ2v) is 6.74. The summed E-state index contributed by atoms with van der Waals surface area (Å²) in [6.45, 7) is 1.27. The summed E-state index contributed by atoms with van der Waals surface area (Å²) in [5, 5.41) is 0. The molecule has 2 aromatic rings. The average molecular weight is 281 g/mol. The maximum absolute atomic E-state index is 11.8. The number of nitrogen functional groups attached to an aromatic ring is 1. The Labute approximate surface area is 111 Å². The van der Waals surface area contributed by atoms with Crippen molar-refractivity contribution in [2.45, 2.75) is 17.4 Å². The van der Waals surface area contributed by atoms with Crippen LogP contribution in [0, 0.1) is 0 Å². The van der Waals surface area contributed by atoms with Gasteiger partial charge in [-0.15, -0.1) is 0 Å². The zero-order chi connectivity index (χ0) is 13.6. The van der Waals surface area contributed by atoms with Crippen molar-refractivity contribution in [2.24, 2.45) is 0 Å². The molecule has 6 nitrogen and oxygen atoms in total. The fraction of sp³-hybridized carbons (Fsp3) is 0.417. The third-order valence-electron chi connectivity index (χ3n) is 3.38. The molecule has 0 saturated carbocycles. The first-order valence-electron chi connectivity index (χ1n) is 6.02. The lowest BCUT2D eigenvalue weighted by molar-refractivity contribution is 0.187. The van der Waals surface area contributed by atoms with Crippen molar-refractivity contribution < 1.29 is 13.2 Å². The first-order valence-corrected chi connectivity index (χ1v) is 7.92. The largest absolute Gasteiger partial charge is 0.379 e. The van der Waals surface area contributed by atoms with E-state index in [1.165, 1.54) is 6.26 Å². The molecule has 1 fully saturated rings. The molecule has 2 N–H and O–H groups in total. The van der Waals surface area contributed by atoms with E-state index in [1.54, 1.807) is 12.1 Å². The van der Waals surface area contributed by atoms with Crippen LogP contribution < -0.4 is 5.73 Å². The van der Waals surface area contributed by atoms with E-state index in [9.17, 15) is 8.42 Å². The number of hydrogen-bond donors (Lipinski definition) is 1. The summed E-state index contributed by atoms with van der Waals surface area (Å²) < 4.78 is 30.8. The Kier molecular flexibility index (Phi) is 2.75. The molecule has 7 heteroatoms. The van der Waals surface area contributed by atoms with Crippen LogP contribution in [0.25, 0.3) is 11.0 Å². The molecule has 19 heavy (non-hydrogen) atoms. The van der Waals surface area contributed by atoms with Crippen molar-refractivity contribution in [3.05, 3.63) is 18.2 Å². The van der Waals surface area contributed by atoms with Gasteiger partial charge in [-0.05, 0) is 18.6 Å². The van der Waals surface area contributed by atoms with Gasteiger partial charge in [-0.25, -0.2) is 13.4 Å². The van der Waals surface area contributed by atoms with Gasteiger partial charge in [0.15, 0.2) is 9.84 Å². The fourth-order valence-corrected chi connectivity index (χ4v) is 3.35. The number of nitrogens with two attached hydrogens (primary N) is 1.